The topological polar surface area (TPSA) is 76.5 Å². The van der Waals surface area contributed by atoms with Crippen LogP contribution in [0.15, 0.2) is 12.3 Å². The van der Waals surface area contributed by atoms with Crippen molar-refractivity contribution in [1.29, 1.82) is 0 Å². The largest absolute Gasteiger partial charge is 0.389 e. The lowest BCUT2D eigenvalue weighted by Crippen LogP contribution is -2.32. The number of likely N-dealkylation sites (N-methyl/N-ethyl adjacent to an activating group) is 1. The predicted molar refractivity (Wildman–Crippen MR) is 66.6 cm³/mol. The second-order valence-electron chi connectivity index (χ2n) is 4.23. The first-order valence-electron chi connectivity index (χ1n) is 5.76. The van der Waals surface area contributed by atoms with Crippen molar-refractivity contribution in [1.82, 2.24) is 14.7 Å². The number of hydrogen-bond acceptors (Lipinski definition) is 5. The van der Waals surface area contributed by atoms with Crippen LogP contribution in [-0.4, -0.2) is 59.7 Å². The maximum atomic E-state index is 9.54. The van der Waals surface area contributed by atoms with Crippen molar-refractivity contribution in [2.45, 2.75) is 19.1 Å². The molecule has 0 saturated carbocycles. The molecular weight excluding hydrogens is 220 g/mol. The third-order valence-corrected chi connectivity index (χ3v) is 2.47. The molecule has 0 aliphatic carbocycles. The summed E-state index contributed by atoms with van der Waals surface area (Å²) in [6.45, 7) is 2.73. The zero-order valence-corrected chi connectivity index (χ0v) is 10.5. The van der Waals surface area contributed by atoms with Gasteiger partial charge < -0.3 is 20.5 Å². The molecule has 1 aromatic rings. The summed E-state index contributed by atoms with van der Waals surface area (Å²) < 4.78 is 6.70. The average molecular weight is 242 g/mol. The minimum Gasteiger partial charge on any atom is -0.389 e. The smallest absolute Gasteiger partial charge is 0.145 e. The Morgan fingerprint density at radius 1 is 1.65 bits per heavy atom. The molecule has 0 bridgehead atoms. The lowest BCUT2D eigenvalue weighted by Gasteiger charge is -2.19. The molecule has 0 aliphatic heterocycles. The summed E-state index contributed by atoms with van der Waals surface area (Å²) >= 11 is 0. The molecule has 0 amide bonds. The minimum atomic E-state index is -0.426. The lowest BCUT2D eigenvalue weighted by molar-refractivity contribution is 0.0429. The van der Waals surface area contributed by atoms with E-state index in [0.29, 0.717) is 19.0 Å². The first-order valence-corrected chi connectivity index (χ1v) is 5.76. The normalized spacial score (nSPS) is 13.2. The summed E-state index contributed by atoms with van der Waals surface area (Å²) in [6.07, 6.45) is 2.41. The first-order chi connectivity index (χ1) is 8.11. The fourth-order valence-electron chi connectivity index (χ4n) is 1.70. The number of hydrogen-bond donors (Lipinski definition) is 2. The van der Waals surface area contributed by atoms with E-state index < -0.39 is 6.10 Å². The van der Waals surface area contributed by atoms with Crippen molar-refractivity contribution >= 4 is 5.82 Å². The average Bonchev–Trinajstić information content (AvgIpc) is 2.64. The van der Waals surface area contributed by atoms with Crippen LogP contribution < -0.4 is 5.73 Å². The van der Waals surface area contributed by atoms with Gasteiger partial charge in [0.05, 0.1) is 12.7 Å². The van der Waals surface area contributed by atoms with Gasteiger partial charge in [0.25, 0.3) is 0 Å². The highest BCUT2D eigenvalue weighted by molar-refractivity contribution is 5.23. The summed E-state index contributed by atoms with van der Waals surface area (Å²) in [5, 5.41) is 13.6. The highest BCUT2D eigenvalue weighted by Gasteiger charge is 2.07. The molecule has 1 unspecified atom stereocenters. The SMILES string of the molecule is COCC(O)CN(C)CCCn1ccc(N)n1. The monoisotopic (exact) mass is 242 g/mol. The van der Waals surface area contributed by atoms with Gasteiger partial charge in [-0.15, -0.1) is 0 Å². The van der Waals surface area contributed by atoms with E-state index in [-0.39, 0.29) is 0 Å². The molecule has 6 heteroatoms. The first kappa shape index (κ1) is 14.0. The van der Waals surface area contributed by atoms with Gasteiger partial charge in [-0.25, -0.2) is 0 Å². The fourth-order valence-corrected chi connectivity index (χ4v) is 1.70. The van der Waals surface area contributed by atoms with Crippen LogP contribution in [0.2, 0.25) is 0 Å². The van der Waals surface area contributed by atoms with E-state index >= 15 is 0 Å². The zero-order chi connectivity index (χ0) is 12.7. The Hall–Kier alpha value is -1.11. The zero-order valence-electron chi connectivity index (χ0n) is 10.5. The molecule has 98 valence electrons. The third-order valence-electron chi connectivity index (χ3n) is 2.47. The van der Waals surface area contributed by atoms with Crippen LogP contribution in [0.25, 0.3) is 0 Å². The summed E-state index contributed by atoms with van der Waals surface area (Å²) in [6, 6.07) is 1.78. The van der Waals surface area contributed by atoms with Crippen molar-refractivity contribution < 1.29 is 9.84 Å². The van der Waals surface area contributed by atoms with Crippen LogP contribution in [0.3, 0.4) is 0 Å². The van der Waals surface area contributed by atoms with E-state index in [2.05, 4.69) is 10.00 Å². The van der Waals surface area contributed by atoms with Gasteiger partial charge in [-0.2, -0.15) is 5.10 Å². The summed E-state index contributed by atoms with van der Waals surface area (Å²) in [7, 11) is 3.57. The third kappa shape index (κ3) is 5.67. The Morgan fingerprint density at radius 2 is 2.41 bits per heavy atom. The second-order valence-corrected chi connectivity index (χ2v) is 4.23. The molecule has 17 heavy (non-hydrogen) atoms. The maximum absolute atomic E-state index is 9.54. The van der Waals surface area contributed by atoms with Crippen molar-refractivity contribution in [3.63, 3.8) is 0 Å². The number of aliphatic hydroxyl groups is 1. The molecule has 0 aromatic carbocycles. The molecule has 1 rings (SSSR count). The van der Waals surface area contributed by atoms with Gasteiger partial charge in [-0.1, -0.05) is 0 Å². The van der Waals surface area contributed by atoms with Crippen LogP contribution in [0.1, 0.15) is 6.42 Å². The molecule has 0 aliphatic rings. The molecular formula is C11H22N4O2. The Kier molecular flexibility index (Phi) is 5.96. The molecule has 0 saturated heterocycles. The molecule has 1 heterocycles. The highest BCUT2D eigenvalue weighted by Crippen LogP contribution is 1.98. The number of rotatable bonds is 8. The minimum absolute atomic E-state index is 0.375. The number of aryl methyl sites for hydroxylation is 1. The Morgan fingerprint density at radius 3 is 3.00 bits per heavy atom. The van der Waals surface area contributed by atoms with Gasteiger partial charge in [0.1, 0.15) is 5.82 Å². The van der Waals surface area contributed by atoms with E-state index in [1.165, 1.54) is 0 Å². The van der Waals surface area contributed by atoms with Gasteiger partial charge in [0.15, 0.2) is 0 Å². The molecule has 0 fully saturated rings. The van der Waals surface area contributed by atoms with Gasteiger partial charge in [0.2, 0.25) is 0 Å². The van der Waals surface area contributed by atoms with E-state index in [4.69, 9.17) is 10.5 Å². The molecule has 6 nitrogen and oxygen atoms in total. The molecule has 0 radical (unpaired) electrons. The van der Waals surface area contributed by atoms with Crippen molar-refractivity contribution in [2.24, 2.45) is 0 Å². The molecule has 0 spiro atoms. The van der Waals surface area contributed by atoms with E-state index in [1.807, 2.05) is 17.9 Å². The number of ether oxygens (including phenoxy) is 1. The number of nitrogens with two attached hydrogens (primary N) is 1. The second kappa shape index (κ2) is 7.26. The molecule has 1 atom stereocenters. The van der Waals surface area contributed by atoms with E-state index in [9.17, 15) is 5.11 Å². The van der Waals surface area contributed by atoms with Crippen LogP contribution >= 0.6 is 0 Å². The number of nitrogen functional groups attached to an aromatic ring is 1. The van der Waals surface area contributed by atoms with E-state index in [1.54, 1.807) is 13.2 Å². The van der Waals surface area contributed by atoms with Gasteiger partial charge in [0, 0.05) is 26.4 Å². The quantitative estimate of drug-likeness (QED) is 0.660. The van der Waals surface area contributed by atoms with Crippen molar-refractivity contribution in [3.05, 3.63) is 12.3 Å². The maximum Gasteiger partial charge on any atom is 0.145 e. The van der Waals surface area contributed by atoms with E-state index in [0.717, 1.165) is 19.5 Å². The molecule has 1 aromatic heterocycles. The Bertz CT molecular complexity index is 316. The lowest BCUT2D eigenvalue weighted by atomic mass is 10.3. The standard InChI is InChI=1S/C11H22N4O2/c1-14(8-10(16)9-17-2)5-3-6-15-7-4-11(12)13-15/h4,7,10,16H,3,5-6,8-9H2,1-2H3,(H2,12,13). The van der Waals surface area contributed by atoms with Gasteiger partial charge >= 0.3 is 0 Å². The summed E-state index contributed by atoms with van der Waals surface area (Å²) in [5.41, 5.74) is 5.52. The predicted octanol–water partition coefficient (Wildman–Crippen LogP) is -0.205. The Labute approximate surface area is 102 Å². The Balaban J connectivity index is 2.13. The fraction of sp³-hybridized carbons (Fsp3) is 0.727. The molecule has 3 N–H and O–H groups in total. The number of aromatic nitrogens is 2. The van der Waals surface area contributed by atoms with Crippen LogP contribution in [0.4, 0.5) is 5.82 Å². The number of anilines is 1. The summed E-state index contributed by atoms with van der Waals surface area (Å²) in [4.78, 5) is 2.08. The number of aliphatic hydroxyl groups excluding tert-OH is 1. The van der Waals surface area contributed by atoms with Crippen molar-refractivity contribution in [3.8, 4) is 0 Å². The van der Waals surface area contributed by atoms with Gasteiger partial charge in [-0.3, -0.25) is 4.68 Å². The summed E-state index contributed by atoms with van der Waals surface area (Å²) in [5.74, 6) is 0.550. The van der Waals surface area contributed by atoms with Crippen molar-refractivity contribution in [2.75, 3.05) is 39.6 Å². The number of nitrogens with zero attached hydrogens (tertiary/aromatic N) is 3. The van der Waals surface area contributed by atoms with Gasteiger partial charge in [-0.05, 0) is 26.1 Å². The van der Waals surface area contributed by atoms with Crippen LogP contribution in [0, 0.1) is 0 Å². The number of methoxy groups -OCH3 is 1. The van der Waals surface area contributed by atoms with Crippen LogP contribution in [0.5, 0.6) is 0 Å². The highest BCUT2D eigenvalue weighted by atomic mass is 16.5. The van der Waals surface area contributed by atoms with Crippen LogP contribution in [-0.2, 0) is 11.3 Å².